The molecule has 0 fully saturated rings. The van der Waals surface area contributed by atoms with Crippen LogP contribution in [0, 0.1) is 0 Å². The predicted octanol–water partition coefficient (Wildman–Crippen LogP) is 0.607. The van der Waals surface area contributed by atoms with Crippen LogP contribution in [-0.4, -0.2) is 39.8 Å². The maximum absolute atomic E-state index is 11.3. The van der Waals surface area contributed by atoms with Crippen LogP contribution in [-0.2, 0) is 9.53 Å². The molecule has 1 N–H and O–H groups in total. The van der Waals surface area contributed by atoms with Crippen molar-refractivity contribution in [2.75, 3.05) is 27.9 Å². The lowest BCUT2D eigenvalue weighted by atomic mass is 10.2. The highest BCUT2D eigenvalue weighted by atomic mass is 16.5. The molecule has 0 radical (unpaired) electrons. The van der Waals surface area contributed by atoms with Gasteiger partial charge in [0.15, 0.2) is 18.1 Å². The Bertz CT molecular complexity index is 444. The fourth-order valence-corrected chi connectivity index (χ4v) is 1.25. The smallest absolute Gasteiger partial charge is 0.337 e. The van der Waals surface area contributed by atoms with Gasteiger partial charge < -0.3 is 19.5 Å². The summed E-state index contributed by atoms with van der Waals surface area (Å²) in [5.41, 5.74) is 0.349. The second-order valence-corrected chi connectivity index (χ2v) is 3.32. The molecule has 0 aliphatic carbocycles. The summed E-state index contributed by atoms with van der Waals surface area (Å²) in [4.78, 5) is 22.4. The lowest BCUT2D eigenvalue weighted by Crippen LogP contribution is -2.24. The van der Waals surface area contributed by atoms with Gasteiger partial charge in [0.2, 0.25) is 0 Å². The summed E-state index contributed by atoms with van der Waals surface area (Å²) in [7, 11) is 4.26. The lowest BCUT2D eigenvalue weighted by Gasteiger charge is -2.11. The maximum atomic E-state index is 11.3. The van der Waals surface area contributed by atoms with Crippen LogP contribution < -0.4 is 14.8 Å². The van der Waals surface area contributed by atoms with Gasteiger partial charge in [0, 0.05) is 7.05 Å². The first-order chi connectivity index (χ1) is 8.62. The van der Waals surface area contributed by atoms with Crippen LogP contribution >= 0.6 is 0 Å². The normalized spacial score (nSPS) is 9.50. The number of methoxy groups -OCH3 is 2. The van der Waals surface area contributed by atoms with E-state index in [1.165, 1.54) is 33.4 Å². The second kappa shape index (κ2) is 6.48. The monoisotopic (exact) mass is 253 g/mol. The van der Waals surface area contributed by atoms with Crippen LogP contribution in [0.2, 0.25) is 0 Å². The van der Waals surface area contributed by atoms with Gasteiger partial charge >= 0.3 is 5.97 Å². The molecule has 0 spiro atoms. The van der Waals surface area contributed by atoms with Crippen molar-refractivity contribution in [3.63, 3.8) is 0 Å². The quantitative estimate of drug-likeness (QED) is 0.778. The molecule has 0 aliphatic rings. The average Bonchev–Trinajstić information content (AvgIpc) is 2.43. The largest absolute Gasteiger partial charge is 0.493 e. The molecule has 0 heterocycles. The van der Waals surface area contributed by atoms with E-state index >= 15 is 0 Å². The summed E-state index contributed by atoms with van der Waals surface area (Å²) in [5, 5.41) is 2.43. The van der Waals surface area contributed by atoms with E-state index in [9.17, 15) is 9.59 Å². The van der Waals surface area contributed by atoms with Crippen LogP contribution in [0.4, 0.5) is 0 Å². The van der Waals surface area contributed by atoms with Gasteiger partial charge in [-0.3, -0.25) is 4.79 Å². The van der Waals surface area contributed by atoms with E-state index in [1.807, 2.05) is 0 Å². The first-order valence-electron chi connectivity index (χ1n) is 5.22. The molecular formula is C12H15NO5. The Morgan fingerprint density at radius 1 is 1.22 bits per heavy atom. The van der Waals surface area contributed by atoms with Crippen molar-refractivity contribution < 1.29 is 23.8 Å². The van der Waals surface area contributed by atoms with Gasteiger partial charge in [0.05, 0.1) is 19.8 Å². The first-order valence-corrected chi connectivity index (χ1v) is 5.22. The Morgan fingerprint density at radius 2 is 1.94 bits per heavy atom. The number of carbonyl (C=O) groups excluding carboxylic acids is 2. The molecule has 1 amide bonds. The summed E-state index contributed by atoms with van der Waals surface area (Å²) in [6, 6.07) is 4.58. The maximum Gasteiger partial charge on any atom is 0.337 e. The van der Waals surface area contributed by atoms with Crippen molar-refractivity contribution in [1.82, 2.24) is 5.32 Å². The third-order valence-corrected chi connectivity index (χ3v) is 2.22. The van der Waals surface area contributed by atoms with Crippen molar-refractivity contribution in [2.45, 2.75) is 0 Å². The van der Waals surface area contributed by atoms with E-state index < -0.39 is 5.97 Å². The van der Waals surface area contributed by atoms with Gasteiger partial charge in [-0.15, -0.1) is 0 Å². The zero-order valence-electron chi connectivity index (χ0n) is 10.5. The van der Waals surface area contributed by atoms with Crippen molar-refractivity contribution in [3.8, 4) is 11.5 Å². The molecule has 6 heteroatoms. The second-order valence-electron chi connectivity index (χ2n) is 3.32. The number of hydrogen-bond donors (Lipinski definition) is 1. The Kier molecular flexibility index (Phi) is 4.98. The van der Waals surface area contributed by atoms with Gasteiger partial charge in [-0.2, -0.15) is 0 Å². The molecule has 0 aromatic heterocycles. The molecule has 0 bridgehead atoms. The molecule has 0 unspecified atom stereocenters. The number of likely N-dealkylation sites (N-methyl/N-ethyl adjacent to an activating group) is 1. The summed E-state index contributed by atoms with van der Waals surface area (Å²) < 4.78 is 14.9. The number of hydrogen-bond acceptors (Lipinski definition) is 5. The highest BCUT2D eigenvalue weighted by molar-refractivity contribution is 5.90. The van der Waals surface area contributed by atoms with Gasteiger partial charge in [-0.25, -0.2) is 4.79 Å². The van der Waals surface area contributed by atoms with Crippen molar-refractivity contribution in [1.29, 1.82) is 0 Å². The molecular weight excluding hydrogens is 238 g/mol. The number of carbonyl (C=O) groups is 2. The Morgan fingerprint density at radius 3 is 2.50 bits per heavy atom. The van der Waals surface area contributed by atoms with Crippen LogP contribution in [0.5, 0.6) is 11.5 Å². The fourth-order valence-electron chi connectivity index (χ4n) is 1.25. The number of esters is 1. The summed E-state index contributed by atoms with van der Waals surface area (Å²) in [5.74, 6) is 0.0239. The fraction of sp³-hybridized carbons (Fsp3) is 0.333. The van der Waals surface area contributed by atoms with Crippen molar-refractivity contribution in [2.24, 2.45) is 0 Å². The molecule has 1 aromatic carbocycles. The number of nitrogens with one attached hydrogen (secondary N) is 1. The van der Waals surface area contributed by atoms with E-state index in [2.05, 4.69) is 10.1 Å². The van der Waals surface area contributed by atoms with Crippen LogP contribution in [0.15, 0.2) is 18.2 Å². The molecule has 0 aliphatic heterocycles. The van der Waals surface area contributed by atoms with Crippen LogP contribution in [0.25, 0.3) is 0 Å². The van der Waals surface area contributed by atoms with E-state index in [1.54, 1.807) is 6.07 Å². The number of ether oxygens (including phenoxy) is 3. The number of amides is 1. The van der Waals surface area contributed by atoms with E-state index in [4.69, 9.17) is 9.47 Å². The molecule has 6 nitrogen and oxygen atoms in total. The first kappa shape index (κ1) is 13.8. The topological polar surface area (TPSA) is 73.9 Å². The molecule has 1 rings (SSSR count). The molecule has 18 heavy (non-hydrogen) atoms. The van der Waals surface area contributed by atoms with Crippen molar-refractivity contribution in [3.05, 3.63) is 23.8 Å². The summed E-state index contributed by atoms with van der Waals surface area (Å²) in [6.07, 6.45) is 0. The lowest BCUT2D eigenvalue weighted by molar-refractivity contribution is -0.122. The van der Waals surface area contributed by atoms with Gasteiger partial charge in [-0.05, 0) is 18.2 Å². The third kappa shape index (κ3) is 3.38. The highest BCUT2D eigenvalue weighted by Crippen LogP contribution is 2.28. The van der Waals surface area contributed by atoms with E-state index in [0.29, 0.717) is 17.1 Å². The predicted molar refractivity (Wildman–Crippen MR) is 63.9 cm³/mol. The van der Waals surface area contributed by atoms with E-state index in [0.717, 1.165) is 0 Å². The molecule has 1 aromatic rings. The van der Waals surface area contributed by atoms with E-state index in [-0.39, 0.29) is 12.5 Å². The summed E-state index contributed by atoms with van der Waals surface area (Å²) >= 11 is 0. The van der Waals surface area contributed by atoms with Gasteiger partial charge in [-0.1, -0.05) is 0 Å². The standard InChI is InChI=1S/C12H15NO5/c1-13-11(14)7-18-9-5-4-8(12(15)17-3)6-10(9)16-2/h4-6H,7H2,1-3H3,(H,13,14). The number of benzene rings is 1. The Labute approximate surface area is 105 Å². The minimum atomic E-state index is -0.467. The minimum absolute atomic E-state index is 0.121. The van der Waals surface area contributed by atoms with Gasteiger partial charge in [0.1, 0.15) is 0 Å². The zero-order chi connectivity index (χ0) is 13.5. The molecule has 0 saturated heterocycles. The summed E-state index contributed by atoms with van der Waals surface area (Å²) in [6.45, 7) is -0.121. The third-order valence-electron chi connectivity index (χ3n) is 2.22. The van der Waals surface area contributed by atoms with Crippen molar-refractivity contribution >= 4 is 11.9 Å². The van der Waals surface area contributed by atoms with Crippen LogP contribution in [0.1, 0.15) is 10.4 Å². The van der Waals surface area contributed by atoms with Gasteiger partial charge in [0.25, 0.3) is 5.91 Å². The SMILES string of the molecule is CNC(=O)COc1ccc(C(=O)OC)cc1OC. The zero-order valence-corrected chi connectivity index (χ0v) is 10.5. The highest BCUT2D eigenvalue weighted by Gasteiger charge is 2.12. The number of rotatable bonds is 5. The van der Waals surface area contributed by atoms with Crippen LogP contribution in [0.3, 0.4) is 0 Å². The molecule has 0 atom stereocenters. The minimum Gasteiger partial charge on any atom is -0.493 e. The Hall–Kier alpha value is -2.24. The molecule has 0 saturated carbocycles. The average molecular weight is 253 g/mol. The Balaban J connectivity index is 2.86. The molecule has 98 valence electrons.